The van der Waals surface area contributed by atoms with Crippen LogP contribution in [0.4, 0.5) is 5.69 Å². The molecule has 0 saturated carbocycles. The van der Waals surface area contributed by atoms with Gasteiger partial charge in [0.25, 0.3) is 0 Å². The molecular weight excluding hydrogens is 378 g/mol. The summed E-state index contributed by atoms with van der Waals surface area (Å²) in [5.41, 5.74) is 1.87. The number of piperazine rings is 1. The van der Waals surface area contributed by atoms with Gasteiger partial charge < -0.3 is 14.8 Å². The molecule has 3 rings (SSSR count). The molecular formula is C21H26ClN3O3. The van der Waals surface area contributed by atoms with Crippen molar-refractivity contribution < 1.29 is 14.3 Å². The van der Waals surface area contributed by atoms with Gasteiger partial charge >= 0.3 is 0 Å². The lowest BCUT2D eigenvalue weighted by atomic mass is 10.1. The van der Waals surface area contributed by atoms with Gasteiger partial charge in [0.05, 0.1) is 20.8 Å². The number of hydrogen-bond donors (Lipinski definition) is 1. The van der Waals surface area contributed by atoms with Crippen molar-refractivity contribution in [2.24, 2.45) is 0 Å². The molecule has 1 heterocycles. The van der Waals surface area contributed by atoms with Gasteiger partial charge in [-0.25, -0.2) is 0 Å². The number of anilines is 1. The van der Waals surface area contributed by atoms with Crippen molar-refractivity contribution in [2.45, 2.75) is 6.54 Å². The summed E-state index contributed by atoms with van der Waals surface area (Å²) < 4.78 is 10.8. The molecule has 0 radical (unpaired) electrons. The second-order valence-corrected chi connectivity index (χ2v) is 7.22. The minimum Gasteiger partial charge on any atom is -0.497 e. The Morgan fingerprint density at radius 3 is 2.32 bits per heavy atom. The van der Waals surface area contributed by atoms with Crippen molar-refractivity contribution in [3.63, 3.8) is 0 Å². The van der Waals surface area contributed by atoms with E-state index in [1.54, 1.807) is 38.5 Å². The minimum absolute atomic E-state index is 0.00904. The average Bonchev–Trinajstić information content (AvgIpc) is 2.71. The van der Waals surface area contributed by atoms with Crippen LogP contribution in [0.25, 0.3) is 0 Å². The highest BCUT2D eigenvalue weighted by atomic mass is 35.5. The van der Waals surface area contributed by atoms with Crippen molar-refractivity contribution in [3.8, 4) is 11.5 Å². The molecule has 7 heteroatoms. The summed E-state index contributed by atoms with van der Waals surface area (Å²) in [6.45, 7) is 4.67. The van der Waals surface area contributed by atoms with Gasteiger partial charge in [0.1, 0.15) is 11.5 Å². The lowest BCUT2D eigenvalue weighted by molar-refractivity contribution is -0.117. The number of ether oxygens (including phenoxy) is 2. The van der Waals surface area contributed by atoms with E-state index >= 15 is 0 Å². The zero-order chi connectivity index (χ0) is 19.9. The van der Waals surface area contributed by atoms with E-state index in [1.807, 2.05) is 18.2 Å². The maximum atomic E-state index is 12.3. The summed E-state index contributed by atoms with van der Waals surface area (Å²) in [7, 11) is 3.35. The number of methoxy groups -OCH3 is 2. The maximum absolute atomic E-state index is 12.3. The molecule has 0 aliphatic carbocycles. The van der Waals surface area contributed by atoms with E-state index < -0.39 is 0 Å². The number of rotatable bonds is 7. The third-order valence-corrected chi connectivity index (χ3v) is 5.09. The normalized spacial score (nSPS) is 15.2. The second kappa shape index (κ2) is 9.78. The summed E-state index contributed by atoms with van der Waals surface area (Å²) in [4.78, 5) is 16.8. The largest absolute Gasteiger partial charge is 0.497 e. The Bertz CT molecular complexity index is 790. The zero-order valence-electron chi connectivity index (χ0n) is 16.3. The van der Waals surface area contributed by atoms with Gasteiger partial charge in [0.2, 0.25) is 5.91 Å². The molecule has 2 aromatic rings. The molecule has 0 unspecified atom stereocenters. The first-order valence-corrected chi connectivity index (χ1v) is 9.66. The molecule has 1 saturated heterocycles. The number of carbonyl (C=O) groups is 1. The second-order valence-electron chi connectivity index (χ2n) is 6.79. The van der Waals surface area contributed by atoms with Gasteiger partial charge in [-0.3, -0.25) is 14.6 Å². The topological polar surface area (TPSA) is 54.0 Å². The predicted molar refractivity (Wildman–Crippen MR) is 111 cm³/mol. The molecule has 6 nitrogen and oxygen atoms in total. The van der Waals surface area contributed by atoms with Crippen LogP contribution in [-0.4, -0.2) is 62.7 Å². The van der Waals surface area contributed by atoms with Crippen molar-refractivity contribution >= 4 is 23.2 Å². The first-order chi connectivity index (χ1) is 13.6. The monoisotopic (exact) mass is 403 g/mol. The number of halogens is 1. The van der Waals surface area contributed by atoms with E-state index in [2.05, 4.69) is 15.1 Å². The van der Waals surface area contributed by atoms with E-state index in [0.717, 1.165) is 55.5 Å². The van der Waals surface area contributed by atoms with Crippen LogP contribution in [0.5, 0.6) is 11.5 Å². The van der Waals surface area contributed by atoms with E-state index in [4.69, 9.17) is 21.1 Å². The number of amides is 1. The maximum Gasteiger partial charge on any atom is 0.238 e. The number of nitrogens with one attached hydrogen (secondary N) is 1. The SMILES string of the molecule is COc1ccc(OC)c(CN2CCN(CC(=O)Nc3ccc(Cl)cc3)CC2)c1. The number of hydrogen-bond acceptors (Lipinski definition) is 5. The number of nitrogens with zero attached hydrogens (tertiary/aromatic N) is 2. The Hall–Kier alpha value is -2.28. The predicted octanol–water partition coefficient (Wildman–Crippen LogP) is 3.11. The summed E-state index contributed by atoms with van der Waals surface area (Å²) >= 11 is 5.87. The first kappa shape index (κ1) is 20.5. The fourth-order valence-electron chi connectivity index (χ4n) is 3.29. The highest BCUT2D eigenvalue weighted by Gasteiger charge is 2.20. The van der Waals surface area contributed by atoms with Crippen molar-refractivity contribution in [2.75, 3.05) is 52.3 Å². The van der Waals surface area contributed by atoms with Crippen molar-refractivity contribution in [1.82, 2.24) is 9.80 Å². The van der Waals surface area contributed by atoms with Crippen molar-refractivity contribution in [3.05, 3.63) is 53.1 Å². The molecule has 1 aliphatic heterocycles. The van der Waals surface area contributed by atoms with Crippen LogP contribution in [-0.2, 0) is 11.3 Å². The van der Waals surface area contributed by atoms with Gasteiger partial charge in [-0.1, -0.05) is 11.6 Å². The smallest absolute Gasteiger partial charge is 0.238 e. The fraction of sp³-hybridized carbons (Fsp3) is 0.381. The molecule has 0 bridgehead atoms. The molecule has 0 spiro atoms. The first-order valence-electron chi connectivity index (χ1n) is 9.28. The zero-order valence-corrected chi connectivity index (χ0v) is 17.0. The molecule has 1 aliphatic rings. The molecule has 2 aromatic carbocycles. The lowest BCUT2D eigenvalue weighted by Gasteiger charge is -2.34. The Kier molecular flexibility index (Phi) is 7.14. The molecule has 0 atom stereocenters. The van der Waals surface area contributed by atoms with Crippen molar-refractivity contribution in [1.29, 1.82) is 0 Å². The van der Waals surface area contributed by atoms with Crippen LogP contribution < -0.4 is 14.8 Å². The molecule has 1 amide bonds. The van der Waals surface area contributed by atoms with Crippen LogP contribution in [0.2, 0.25) is 5.02 Å². The Balaban J connectivity index is 1.48. The van der Waals surface area contributed by atoms with E-state index in [0.29, 0.717) is 11.6 Å². The van der Waals surface area contributed by atoms with E-state index in [9.17, 15) is 4.79 Å². The molecule has 1 fully saturated rings. The highest BCUT2D eigenvalue weighted by molar-refractivity contribution is 6.30. The Labute approximate surface area is 171 Å². The third-order valence-electron chi connectivity index (χ3n) is 4.84. The third kappa shape index (κ3) is 5.61. The molecule has 1 N–H and O–H groups in total. The quantitative estimate of drug-likeness (QED) is 0.769. The summed E-state index contributed by atoms with van der Waals surface area (Å²) in [6.07, 6.45) is 0. The summed E-state index contributed by atoms with van der Waals surface area (Å²) in [6, 6.07) is 13.0. The number of carbonyl (C=O) groups excluding carboxylic acids is 1. The van der Waals surface area contributed by atoms with Gasteiger partial charge in [0.15, 0.2) is 0 Å². The van der Waals surface area contributed by atoms with Gasteiger partial charge in [-0.05, 0) is 42.5 Å². The van der Waals surface area contributed by atoms with Crippen LogP contribution >= 0.6 is 11.6 Å². The van der Waals surface area contributed by atoms with Crippen LogP contribution in [0, 0.1) is 0 Å². The van der Waals surface area contributed by atoms with Gasteiger partial charge in [0, 0.05) is 49.0 Å². The van der Waals surface area contributed by atoms with Gasteiger partial charge in [-0.15, -0.1) is 0 Å². The highest BCUT2D eigenvalue weighted by Crippen LogP contribution is 2.25. The fourth-order valence-corrected chi connectivity index (χ4v) is 3.41. The number of benzene rings is 2. The average molecular weight is 404 g/mol. The van der Waals surface area contributed by atoms with Gasteiger partial charge in [-0.2, -0.15) is 0 Å². The summed E-state index contributed by atoms with van der Waals surface area (Å²) in [5.74, 6) is 1.68. The molecule has 150 valence electrons. The van der Waals surface area contributed by atoms with Crippen LogP contribution in [0.3, 0.4) is 0 Å². The Morgan fingerprint density at radius 1 is 1.00 bits per heavy atom. The standard InChI is InChI=1S/C21H26ClN3O3/c1-27-19-7-8-20(28-2)16(13-19)14-24-9-11-25(12-10-24)15-21(26)23-18-5-3-17(22)4-6-18/h3-8,13H,9-12,14-15H2,1-2H3,(H,23,26). The van der Waals surface area contributed by atoms with Crippen LogP contribution in [0.15, 0.2) is 42.5 Å². The molecule has 28 heavy (non-hydrogen) atoms. The minimum atomic E-state index is -0.00904. The van der Waals surface area contributed by atoms with Crippen LogP contribution in [0.1, 0.15) is 5.56 Å². The summed E-state index contributed by atoms with van der Waals surface area (Å²) in [5, 5.41) is 3.57. The Morgan fingerprint density at radius 2 is 1.68 bits per heavy atom. The van der Waals surface area contributed by atoms with E-state index in [1.165, 1.54) is 0 Å². The van der Waals surface area contributed by atoms with E-state index in [-0.39, 0.29) is 5.91 Å². The lowest BCUT2D eigenvalue weighted by Crippen LogP contribution is -2.48. The molecule has 0 aromatic heterocycles.